The minimum absolute atomic E-state index is 0.135. The van der Waals surface area contributed by atoms with Gasteiger partial charge in [0.1, 0.15) is 0 Å². The van der Waals surface area contributed by atoms with Gasteiger partial charge in [0.15, 0.2) is 11.5 Å². The molecule has 0 unspecified atom stereocenters. The average molecular weight is 210 g/mol. The maximum atomic E-state index is 9.42. The van der Waals surface area contributed by atoms with E-state index in [1.807, 2.05) is 19.9 Å². The summed E-state index contributed by atoms with van der Waals surface area (Å²) in [6.07, 6.45) is 0.750. The normalized spacial score (nSPS) is 11.5. The standard InChI is InChI=1S/C12H18O3/c1-12(2,8-13)7-9-4-5-10(14)11(6-9)15-3/h4-6,13-14H,7-8H2,1-3H3. The molecule has 0 aliphatic heterocycles. The SMILES string of the molecule is COc1cc(CC(C)(C)CO)ccc1O. The molecule has 84 valence electrons. The highest BCUT2D eigenvalue weighted by Crippen LogP contribution is 2.29. The van der Waals surface area contributed by atoms with Crippen LogP contribution in [0.5, 0.6) is 11.5 Å². The summed E-state index contributed by atoms with van der Waals surface area (Å²) in [6.45, 7) is 4.12. The van der Waals surface area contributed by atoms with Crippen molar-refractivity contribution in [1.82, 2.24) is 0 Å². The van der Waals surface area contributed by atoms with Crippen LogP contribution in [-0.4, -0.2) is 23.9 Å². The van der Waals surface area contributed by atoms with E-state index < -0.39 is 0 Å². The lowest BCUT2D eigenvalue weighted by atomic mass is 9.87. The number of aliphatic hydroxyl groups is 1. The molecule has 2 N–H and O–H groups in total. The molecule has 3 nitrogen and oxygen atoms in total. The van der Waals surface area contributed by atoms with E-state index in [2.05, 4.69) is 0 Å². The van der Waals surface area contributed by atoms with Crippen LogP contribution in [0.3, 0.4) is 0 Å². The van der Waals surface area contributed by atoms with Crippen LogP contribution in [0.4, 0.5) is 0 Å². The number of ether oxygens (including phenoxy) is 1. The van der Waals surface area contributed by atoms with Crippen LogP contribution in [0.1, 0.15) is 19.4 Å². The van der Waals surface area contributed by atoms with Crippen molar-refractivity contribution in [2.75, 3.05) is 13.7 Å². The van der Waals surface area contributed by atoms with Crippen LogP contribution in [0.15, 0.2) is 18.2 Å². The van der Waals surface area contributed by atoms with Gasteiger partial charge in [0.05, 0.1) is 7.11 Å². The van der Waals surface area contributed by atoms with Gasteiger partial charge in [-0.25, -0.2) is 0 Å². The summed E-state index contributed by atoms with van der Waals surface area (Å²) in [5.41, 5.74) is 0.894. The van der Waals surface area contributed by atoms with Crippen molar-refractivity contribution in [2.24, 2.45) is 5.41 Å². The van der Waals surface area contributed by atoms with Crippen LogP contribution in [0, 0.1) is 5.41 Å². The van der Waals surface area contributed by atoms with E-state index in [4.69, 9.17) is 9.84 Å². The third-order valence-corrected chi connectivity index (χ3v) is 2.35. The van der Waals surface area contributed by atoms with Gasteiger partial charge in [-0.2, -0.15) is 0 Å². The van der Waals surface area contributed by atoms with Crippen LogP contribution in [0.25, 0.3) is 0 Å². The number of phenolic OH excluding ortho intramolecular Hbond substituents is 1. The number of hydrogen-bond donors (Lipinski definition) is 2. The zero-order valence-corrected chi connectivity index (χ0v) is 9.45. The van der Waals surface area contributed by atoms with Crippen molar-refractivity contribution in [2.45, 2.75) is 20.3 Å². The Kier molecular flexibility index (Phi) is 3.58. The summed E-state index contributed by atoms with van der Waals surface area (Å²) in [5, 5.41) is 18.6. The van der Waals surface area contributed by atoms with E-state index in [9.17, 15) is 5.11 Å². The number of methoxy groups -OCH3 is 1. The predicted molar refractivity (Wildman–Crippen MR) is 59.2 cm³/mol. The molecule has 0 aromatic heterocycles. The fourth-order valence-corrected chi connectivity index (χ4v) is 1.44. The van der Waals surface area contributed by atoms with E-state index in [1.165, 1.54) is 7.11 Å². The number of aromatic hydroxyl groups is 1. The molecule has 1 aromatic carbocycles. The Balaban J connectivity index is 2.87. The maximum Gasteiger partial charge on any atom is 0.160 e. The fourth-order valence-electron chi connectivity index (χ4n) is 1.44. The van der Waals surface area contributed by atoms with Crippen molar-refractivity contribution in [3.8, 4) is 11.5 Å². The molecule has 0 atom stereocenters. The zero-order valence-electron chi connectivity index (χ0n) is 9.45. The molecule has 3 heteroatoms. The highest BCUT2D eigenvalue weighted by molar-refractivity contribution is 5.41. The maximum absolute atomic E-state index is 9.42. The second-order valence-corrected chi connectivity index (χ2v) is 4.51. The lowest BCUT2D eigenvalue weighted by molar-refractivity contribution is 0.159. The molecule has 0 saturated carbocycles. The zero-order chi connectivity index (χ0) is 11.5. The van der Waals surface area contributed by atoms with Gasteiger partial charge < -0.3 is 14.9 Å². The number of hydrogen-bond acceptors (Lipinski definition) is 3. The predicted octanol–water partition coefficient (Wildman–Crippen LogP) is 1.96. The van der Waals surface area contributed by atoms with E-state index >= 15 is 0 Å². The number of phenols is 1. The van der Waals surface area contributed by atoms with Gasteiger partial charge in [-0.1, -0.05) is 19.9 Å². The Morgan fingerprint density at radius 1 is 1.33 bits per heavy atom. The summed E-state index contributed by atoms with van der Waals surface area (Å²) in [7, 11) is 1.52. The van der Waals surface area contributed by atoms with Gasteiger partial charge in [0, 0.05) is 6.61 Å². The highest BCUT2D eigenvalue weighted by atomic mass is 16.5. The van der Waals surface area contributed by atoms with Crippen molar-refractivity contribution in [3.05, 3.63) is 23.8 Å². The Bertz CT molecular complexity index is 332. The van der Waals surface area contributed by atoms with E-state index in [0.29, 0.717) is 5.75 Å². The summed E-state index contributed by atoms with van der Waals surface area (Å²) < 4.78 is 5.02. The second-order valence-electron chi connectivity index (χ2n) is 4.51. The first-order valence-electron chi connectivity index (χ1n) is 4.95. The molecule has 0 bridgehead atoms. The molecule has 0 saturated heterocycles. The average Bonchev–Trinajstić information content (AvgIpc) is 2.20. The van der Waals surface area contributed by atoms with E-state index in [1.54, 1.807) is 12.1 Å². The Labute approximate surface area is 90.3 Å². The summed E-state index contributed by atoms with van der Waals surface area (Å²) in [6, 6.07) is 5.25. The second kappa shape index (κ2) is 4.53. The molecule has 15 heavy (non-hydrogen) atoms. The van der Waals surface area contributed by atoms with Crippen LogP contribution in [-0.2, 0) is 6.42 Å². The minimum Gasteiger partial charge on any atom is -0.504 e. The van der Waals surface area contributed by atoms with Gasteiger partial charge in [-0.3, -0.25) is 0 Å². The van der Waals surface area contributed by atoms with Gasteiger partial charge in [0.25, 0.3) is 0 Å². The van der Waals surface area contributed by atoms with Crippen molar-refractivity contribution >= 4 is 0 Å². The Hall–Kier alpha value is -1.22. The van der Waals surface area contributed by atoms with Crippen molar-refractivity contribution in [1.29, 1.82) is 0 Å². The minimum atomic E-state index is -0.151. The van der Waals surface area contributed by atoms with Crippen LogP contribution >= 0.6 is 0 Å². The molecule has 0 amide bonds. The summed E-state index contributed by atoms with van der Waals surface area (Å²) in [4.78, 5) is 0. The molecule has 1 rings (SSSR count). The van der Waals surface area contributed by atoms with E-state index in [0.717, 1.165) is 12.0 Å². The van der Waals surface area contributed by atoms with Crippen LogP contribution in [0.2, 0.25) is 0 Å². The third-order valence-electron chi connectivity index (χ3n) is 2.35. The molecular formula is C12H18O3. The van der Waals surface area contributed by atoms with Crippen molar-refractivity contribution < 1.29 is 14.9 Å². The first kappa shape index (κ1) is 11.9. The molecule has 0 aliphatic carbocycles. The van der Waals surface area contributed by atoms with Crippen molar-refractivity contribution in [3.63, 3.8) is 0 Å². The molecule has 0 spiro atoms. The number of benzene rings is 1. The Morgan fingerprint density at radius 2 is 2.00 bits per heavy atom. The fraction of sp³-hybridized carbons (Fsp3) is 0.500. The molecule has 0 heterocycles. The molecule has 1 aromatic rings. The first-order chi connectivity index (χ1) is 6.98. The van der Waals surface area contributed by atoms with Crippen LogP contribution < -0.4 is 4.74 Å². The molecule has 0 fully saturated rings. The number of rotatable bonds is 4. The van der Waals surface area contributed by atoms with Gasteiger partial charge >= 0.3 is 0 Å². The lowest BCUT2D eigenvalue weighted by Gasteiger charge is -2.21. The smallest absolute Gasteiger partial charge is 0.160 e. The quantitative estimate of drug-likeness (QED) is 0.798. The van der Waals surface area contributed by atoms with Gasteiger partial charge in [-0.15, -0.1) is 0 Å². The highest BCUT2D eigenvalue weighted by Gasteiger charge is 2.17. The van der Waals surface area contributed by atoms with Gasteiger partial charge in [0.2, 0.25) is 0 Å². The van der Waals surface area contributed by atoms with E-state index in [-0.39, 0.29) is 17.8 Å². The molecule has 0 radical (unpaired) electrons. The lowest BCUT2D eigenvalue weighted by Crippen LogP contribution is -2.19. The Morgan fingerprint density at radius 3 is 2.53 bits per heavy atom. The molecule has 0 aliphatic rings. The van der Waals surface area contributed by atoms with Gasteiger partial charge in [-0.05, 0) is 29.5 Å². The molecular weight excluding hydrogens is 192 g/mol. The summed E-state index contributed by atoms with van der Waals surface area (Å²) >= 11 is 0. The monoisotopic (exact) mass is 210 g/mol. The summed E-state index contributed by atoms with van der Waals surface area (Å²) in [5.74, 6) is 0.615. The number of aliphatic hydroxyl groups excluding tert-OH is 1. The first-order valence-corrected chi connectivity index (χ1v) is 4.95. The largest absolute Gasteiger partial charge is 0.504 e. The third kappa shape index (κ3) is 3.13. The topological polar surface area (TPSA) is 49.7 Å².